The van der Waals surface area contributed by atoms with E-state index in [4.69, 9.17) is 23.1 Å². The van der Waals surface area contributed by atoms with Crippen LogP contribution >= 0.6 is 11.6 Å². The predicted molar refractivity (Wildman–Crippen MR) is 76.0 cm³/mol. The molecule has 0 aliphatic carbocycles. The topological polar surface area (TPSA) is 98.2 Å². The highest BCUT2D eigenvalue weighted by Crippen LogP contribution is 2.24. The number of primary amides is 1. The van der Waals surface area contributed by atoms with Gasteiger partial charge in [0.1, 0.15) is 0 Å². The van der Waals surface area contributed by atoms with Crippen LogP contribution in [0.3, 0.4) is 0 Å². The monoisotopic (exact) mass is 283 g/mol. The van der Waals surface area contributed by atoms with E-state index in [0.717, 1.165) is 0 Å². The summed E-state index contributed by atoms with van der Waals surface area (Å²) in [4.78, 5) is 23.1. The fraction of sp³-hybridized carbons (Fsp3) is 0.385. The molecule has 0 aliphatic rings. The van der Waals surface area contributed by atoms with Gasteiger partial charge in [-0.1, -0.05) is 25.4 Å². The Hall–Kier alpha value is -1.59. The van der Waals surface area contributed by atoms with Crippen LogP contribution in [0, 0.1) is 11.8 Å². The third kappa shape index (κ3) is 3.94. The van der Waals surface area contributed by atoms with Gasteiger partial charge >= 0.3 is 0 Å². The van der Waals surface area contributed by atoms with E-state index in [2.05, 4.69) is 5.32 Å². The van der Waals surface area contributed by atoms with E-state index in [-0.39, 0.29) is 29.9 Å². The van der Waals surface area contributed by atoms with E-state index >= 15 is 0 Å². The maximum absolute atomic E-state index is 12.1. The Morgan fingerprint density at radius 3 is 2.47 bits per heavy atom. The molecule has 1 rings (SSSR count). The van der Waals surface area contributed by atoms with Gasteiger partial charge in [-0.15, -0.1) is 0 Å². The van der Waals surface area contributed by atoms with Crippen LogP contribution in [0.2, 0.25) is 5.02 Å². The average molecular weight is 284 g/mol. The van der Waals surface area contributed by atoms with Crippen molar-refractivity contribution in [1.29, 1.82) is 0 Å². The van der Waals surface area contributed by atoms with Gasteiger partial charge in [-0.3, -0.25) is 9.59 Å². The van der Waals surface area contributed by atoms with Gasteiger partial charge in [0.05, 0.1) is 16.6 Å². The van der Waals surface area contributed by atoms with Crippen molar-refractivity contribution in [3.63, 3.8) is 0 Å². The van der Waals surface area contributed by atoms with Crippen molar-refractivity contribution in [3.8, 4) is 0 Å². The molecule has 104 valence electrons. The molecule has 0 bridgehead atoms. The first-order valence-corrected chi connectivity index (χ1v) is 6.35. The average Bonchev–Trinajstić information content (AvgIpc) is 2.31. The lowest BCUT2D eigenvalue weighted by molar-refractivity contribution is -0.120. The maximum Gasteiger partial charge on any atom is 0.248 e. The predicted octanol–water partition coefficient (Wildman–Crippen LogP) is 1.61. The largest absolute Gasteiger partial charge is 0.366 e. The number of hydrogen-bond donors (Lipinski definition) is 3. The summed E-state index contributed by atoms with van der Waals surface area (Å²) in [6, 6.07) is 4.48. The summed E-state index contributed by atoms with van der Waals surface area (Å²) in [6.45, 7) is 4.08. The number of amides is 2. The van der Waals surface area contributed by atoms with Crippen LogP contribution < -0.4 is 16.8 Å². The zero-order valence-corrected chi connectivity index (χ0v) is 11.7. The van der Waals surface area contributed by atoms with Crippen molar-refractivity contribution in [2.24, 2.45) is 23.3 Å². The first-order chi connectivity index (χ1) is 8.86. The highest BCUT2D eigenvalue weighted by Gasteiger charge is 2.21. The number of nitrogens with two attached hydrogens (primary N) is 2. The standard InChI is InChI=1S/C13H18ClN3O2/c1-7(2)9(6-15)13(19)17-11-5-8(12(16)18)3-4-10(11)14/h3-5,7,9H,6,15H2,1-2H3,(H2,16,18)(H,17,19). The first-order valence-electron chi connectivity index (χ1n) is 5.97. The van der Waals surface area contributed by atoms with Crippen molar-refractivity contribution in [2.75, 3.05) is 11.9 Å². The van der Waals surface area contributed by atoms with E-state index in [1.54, 1.807) is 0 Å². The molecular weight excluding hydrogens is 266 g/mol. The second kappa shape index (κ2) is 6.54. The Kier molecular flexibility index (Phi) is 5.32. The van der Waals surface area contributed by atoms with Gasteiger partial charge < -0.3 is 16.8 Å². The van der Waals surface area contributed by atoms with Crippen LogP contribution in [0.5, 0.6) is 0 Å². The third-order valence-corrected chi connectivity index (χ3v) is 3.23. The summed E-state index contributed by atoms with van der Waals surface area (Å²) in [6.07, 6.45) is 0. The Morgan fingerprint density at radius 1 is 1.37 bits per heavy atom. The summed E-state index contributed by atoms with van der Waals surface area (Å²) in [5.41, 5.74) is 11.4. The molecule has 1 atom stereocenters. The van der Waals surface area contributed by atoms with Crippen LogP contribution in [0.15, 0.2) is 18.2 Å². The smallest absolute Gasteiger partial charge is 0.248 e. The Bertz CT molecular complexity index is 489. The highest BCUT2D eigenvalue weighted by molar-refractivity contribution is 6.33. The summed E-state index contributed by atoms with van der Waals surface area (Å²) < 4.78 is 0. The van der Waals surface area contributed by atoms with Gasteiger partial charge in [0.25, 0.3) is 0 Å². The molecule has 2 amide bonds. The Morgan fingerprint density at radius 2 is 2.00 bits per heavy atom. The SMILES string of the molecule is CC(C)C(CN)C(=O)Nc1cc(C(N)=O)ccc1Cl. The third-order valence-electron chi connectivity index (χ3n) is 2.90. The normalized spacial score (nSPS) is 12.3. The molecule has 1 aromatic rings. The second-order valence-corrected chi connectivity index (χ2v) is 5.04. The zero-order chi connectivity index (χ0) is 14.6. The van der Waals surface area contributed by atoms with Gasteiger partial charge in [0.15, 0.2) is 0 Å². The second-order valence-electron chi connectivity index (χ2n) is 4.63. The molecule has 19 heavy (non-hydrogen) atoms. The number of hydrogen-bond acceptors (Lipinski definition) is 3. The molecule has 1 unspecified atom stereocenters. The summed E-state index contributed by atoms with van der Waals surface area (Å²) in [5, 5.41) is 3.02. The minimum Gasteiger partial charge on any atom is -0.366 e. The van der Waals surface area contributed by atoms with Crippen molar-refractivity contribution in [3.05, 3.63) is 28.8 Å². The van der Waals surface area contributed by atoms with E-state index in [1.807, 2.05) is 13.8 Å². The minimum absolute atomic E-state index is 0.114. The van der Waals surface area contributed by atoms with Crippen LogP contribution in [0.1, 0.15) is 24.2 Å². The lowest BCUT2D eigenvalue weighted by Gasteiger charge is -2.18. The molecule has 0 heterocycles. The van der Waals surface area contributed by atoms with Gasteiger partial charge in [-0.2, -0.15) is 0 Å². The van der Waals surface area contributed by atoms with Crippen molar-refractivity contribution >= 4 is 29.1 Å². The number of carbonyl (C=O) groups excluding carboxylic acids is 2. The molecule has 5 N–H and O–H groups in total. The molecule has 0 spiro atoms. The molecule has 0 saturated heterocycles. The summed E-state index contributed by atoms with van der Waals surface area (Å²) in [5.74, 6) is -0.996. The zero-order valence-electron chi connectivity index (χ0n) is 10.9. The molecule has 0 saturated carbocycles. The molecule has 5 nitrogen and oxygen atoms in total. The van der Waals surface area contributed by atoms with Crippen LogP contribution in [0.25, 0.3) is 0 Å². The minimum atomic E-state index is -0.577. The van der Waals surface area contributed by atoms with Crippen molar-refractivity contribution in [1.82, 2.24) is 0 Å². The molecule has 0 aromatic heterocycles. The quantitative estimate of drug-likeness (QED) is 0.765. The molecule has 0 fully saturated rings. The van der Waals surface area contributed by atoms with E-state index in [9.17, 15) is 9.59 Å². The molecule has 0 aliphatic heterocycles. The molecule has 6 heteroatoms. The van der Waals surface area contributed by atoms with Gasteiger partial charge in [0, 0.05) is 12.1 Å². The van der Waals surface area contributed by atoms with Crippen molar-refractivity contribution in [2.45, 2.75) is 13.8 Å². The maximum atomic E-state index is 12.1. The van der Waals surface area contributed by atoms with Crippen LogP contribution in [0.4, 0.5) is 5.69 Å². The number of halogens is 1. The number of benzene rings is 1. The molecule has 0 radical (unpaired) electrons. The van der Waals surface area contributed by atoms with E-state index in [1.165, 1.54) is 18.2 Å². The van der Waals surface area contributed by atoms with Gasteiger partial charge in [-0.05, 0) is 24.1 Å². The Labute approximate surface area is 117 Å². The highest BCUT2D eigenvalue weighted by atomic mass is 35.5. The first kappa shape index (κ1) is 15.5. The lowest BCUT2D eigenvalue weighted by atomic mass is 9.95. The fourth-order valence-corrected chi connectivity index (χ4v) is 1.85. The molecule has 1 aromatic carbocycles. The van der Waals surface area contributed by atoms with Gasteiger partial charge in [-0.25, -0.2) is 0 Å². The van der Waals surface area contributed by atoms with Gasteiger partial charge in [0.2, 0.25) is 11.8 Å². The number of nitrogens with one attached hydrogen (secondary N) is 1. The van der Waals surface area contributed by atoms with Crippen molar-refractivity contribution < 1.29 is 9.59 Å². The summed E-state index contributed by atoms with van der Waals surface area (Å²) in [7, 11) is 0. The lowest BCUT2D eigenvalue weighted by Crippen LogP contribution is -2.33. The summed E-state index contributed by atoms with van der Waals surface area (Å²) >= 11 is 5.97. The van der Waals surface area contributed by atoms with E-state index < -0.39 is 5.91 Å². The number of carbonyl (C=O) groups is 2. The van der Waals surface area contributed by atoms with Crippen LogP contribution in [-0.4, -0.2) is 18.4 Å². The Balaban J connectivity index is 2.95. The van der Waals surface area contributed by atoms with E-state index in [0.29, 0.717) is 10.7 Å². The molecular formula is C13H18ClN3O2. The number of anilines is 1. The number of rotatable bonds is 5. The van der Waals surface area contributed by atoms with Crippen LogP contribution in [-0.2, 0) is 4.79 Å². The fourth-order valence-electron chi connectivity index (χ4n) is 1.68.